The molecule has 122 valence electrons. The van der Waals surface area contributed by atoms with E-state index in [0.29, 0.717) is 17.7 Å². The van der Waals surface area contributed by atoms with Gasteiger partial charge in [0.05, 0.1) is 10.8 Å². The first kappa shape index (κ1) is 17.4. The van der Waals surface area contributed by atoms with Crippen LogP contribution in [0.1, 0.15) is 29.8 Å². The zero-order valence-electron chi connectivity index (χ0n) is 13.3. The van der Waals surface area contributed by atoms with Gasteiger partial charge in [0.2, 0.25) is 0 Å². The molecule has 0 aliphatic rings. The fourth-order valence-corrected chi connectivity index (χ4v) is 3.05. The summed E-state index contributed by atoms with van der Waals surface area (Å²) in [5.41, 5.74) is 2.24. The molecule has 0 fully saturated rings. The minimum Gasteiger partial charge on any atom is -0.396 e. The largest absolute Gasteiger partial charge is 0.396 e. The van der Waals surface area contributed by atoms with Crippen LogP contribution in [0.25, 0.3) is 0 Å². The molecular weight excluding hydrogens is 310 g/mol. The van der Waals surface area contributed by atoms with Gasteiger partial charge in [-0.15, -0.1) is 0 Å². The Balaban J connectivity index is 2.04. The minimum atomic E-state index is -1.05. The molecule has 5 heteroatoms. The topological polar surface area (TPSA) is 66.4 Å². The lowest BCUT2D eigenvalue weighted by Crippen LogP contribution is -2.12. The van der Waals surface area contributed by atoms with Crippen LogP contribution in [0.5, 0.6) is 0 Å². The summed E-state index contributed by atoms with van der Waals surface area (Å²) in [7, 11) is -1.05. The van der Waals surface area contributed by atoms with Crippen LogP contribution < -0.4 is 5.32 Å². The van der Waals surface area contributed by atoms with Crippen LogP contribution in [0.4, 0.5) is 5.69 Å². The monoisotopic (exact) mass is 331 g/mol. The highest BCUT2D eigenvalue weighted by molar-refractivity contribution is 7.85. The third kappa shape index (κ3) is 4.74. The maximum Gasteiger partial charge on any atom is 0.255 e. The van der Waals surface area contributed by atoms with Gasteiger partial charge in [0.1, 0.15) is 0 Å². The van der Waals surface area contributed by atoms with Gasteiger partial charge in [-0.1, -0.05) is 26.0 Å². The van der Waals surface area contributed by atoms with E-state index in [-0.39, 0.29) is 17.8 Å². The normalized spacial score (nSPS) is 12.2. The van der Waals surface area contributed by atoms with E-state index in [1.54, 1.807) is 24.3 Å². The first-order valence-corrected chi connectivity index (χ1v) is 8.74. The molecule has 1 unspecified atom stereocenters. The Hall–Kier alpha value is -1.98. The molecule has 1 amide bonds. The fourth-order valence-electron chi connectivity index (χ4n) is 2.10. The maximum atomic E-state index is 12.2. The van der Waals surface area contributed by atoms with Crippen molar-refractivity contribution in [3.63, 3.8) is 0 Å². The smallest absolute Gasteiger partial charge is 0.255 e. The van der Waals surface area contributed by atoms with Gasteiger partial charge in [-0.05, 0) is 48.4 Å². The molecule has 1 atom stereocenters. The second-order valence-corrected chi connectivity index (χ2v) is 7.50. The van der Waals surface area contributed by atoms with Crippen molar-refractivity contribution in [2.45, 2.75) is 30.4 Å². The number of amides is 1. The Morgan fingerprint density at radius 1 is 1.09 bits per heavy atom. The van der Waals surface area contributed by atoms with Crippen molar-refractivity contribution in [3.8, 4) is 0 Å². The molecule has 0 spiro atoms. The molecule has 0 aliphatic carbocycles. The van der Waals surface area contributed by atoms with Crippen molar-refractivity contribution in [1.29, 1.82) is 0 Å². The van der Waals surface area contributed by atoms with Crippen LogP contribution in [0.15, 0.2) is 53.4 Å². The van der Waals surface area contributed by atoms with E-state index >= 15 is 0 Å². The lowest BCUT2D eigenvalue weighted by Gasteiger charge is -2.08. The van der Waals surface area contributed by atoms with E-state index < -0.39 is 10.8 Å². The SMILES string of the molecule is CC(C)S(=O)c1ccc(C(=O)Nc2ccc(CCO)cc2)cc1. The molecule has 0 aromatic heterocycles. The average Bonchev–Trinajstić information content (AvgIpc) is 2.56. The van der Waals surface area contributed by atoms with Crippen molar-refractivity contribution in [1.82, 2.24) is 0 Å². The first-order chi connectivity index (χ1) is 11.0. The Morgan fingerprint density at radius 2 is 1.70 bits per heavy atom. The number of carbonyl (C=O) groups excluding carboxylic acids is 1. The van der Waals surface area contributed by atoms with Crippen LogP contribution in [-0.4, -0.2) is 27.1 Å². The van der Waals surface area contributed by atoms with E-state index in [1.165, 1.54) is 0 Å². The number of anilines is 1. The Labute approximate surface area is 139 Å². The number of nitrogens with one attached hydrogen (secondary N) is 1. The molecule has 2 N–H and O–H groups in total. The minimum absolute atomic E-state index is 0.0483. The molecule has 23 heavy (non-hydrogen) atoms. The van der Waals surface area contributed by atoms with Gasteiger partial charge in [-0.25, -0.2) is 0 Å². The number of carbonyl (C=O) groups is 1. The molecule has 0 bridgehead atoms. The predicted octanol–water partition coefficient (Wildman–Crippen LogP) is 2.99. The molecule has 0 aliphatic heterocycles. The maximum absolute atomic E-state index is 12.2. The van der Waals surface area contributed by atoms with Gasteiger partial charge >= 0.3 is 0 Å². The first-order valence-electron chi connectivity index (χ1n) is 7.53. The van der Waals surface area contributed by atoms with E-state index in [4.69, 9.17) is 5.11 Å². The third-order valence-corrected chi connectivity index (χ3v) is 4.98. The molecule has 2 rings (SSSR count). The molecule has 2 aromatic carbocycles. The van der Waals surface area contributed by atoms with Gasteiger partial charge in [-0.3, -0.25) is 9.00 Å². The van der Waals surface area contributed by atoms with Crippen molar-refractivity contribution in [2.75, 3.05) is 11.9 Å². The number of aliphatic hydroxyl groups is 1. The molecule has 2 aromatic rings. The summed E-state index contributed by atoms with van der Waals surface area (Å²) in [5, 5.41) is 11.8. The molecule has 4 nitrogen and oxygen atoms in total. The fraction of sp³-hybridized carbons (Fsp3) is 0.278. The lowest BCUT2D eigenvalue weighted by atomic mass is 10.1. The van der Waals surface area contributed by atoms with Gasteiger partial charge in [-0.2, -0.15) is 0 Å². The zero-order valence-corrected chi connectivity index (χ0v) is 14.1. The Bertz CT molecular complexity index is 678. The van der Waals surface area contributed by atoms with Crippen molar-refractivity contribution in [3.05, 3.63) is 59.7 Å². The predicted molar refractivity (Wildman–Crippen MR) is 93.2 cm³/mol. The van der Waals surface area contributed by atoms with E-state index in [0.717, 1.165) is 10.5 Å². The third-order valence-electron chi connectivity index (χ3n) is 3.39. The van der Waals surface area contributed by atoms with E-state index in [2.05, 4.69) is 5.32 Å². The highest BCUT2D eigenvalue weighted by atomic mass is 32.2. The molecule has 0 saturated carbocycles. The summed E-state index contributed by atoms with van der Waals surface area (Å²) < 4.78 is 12.0. The summed E-state index contributed by atoms with van der Waals surface area (Å²) in [6.07, 6.45) is 0.600. The number of rotatable bonds is 6. The lowest BCUT2D eigenvalue weighted by molar-refractivity contribution is 0.102. The molecule has 0 saturated heterocycles. The number of hydrogen-bond donors (Lipinski definition) is 2. The van der Waals surface area contributed by atoms with Crippen molar-refractivity contribution in [2.24, 2.45) is 0 Å². The van der Waals surface area contributed by atoms with Gasteiger partial charge in [0.15, 0.2) is 0 Å². The molecule has 0 heterocycles. The van der Waals surface area contributed by atoms with E-state index in [1.807, 2.05) is 38.1 Å². The van der Waals surface area contributed by atoms with Crippen LogP contribution in [0, 0.1) is 0 Å². The van der Waals surface area contributed by atoms with Crippen molar-refractivity contribution < 1.29 is 14.1 Å². The number of aliphatic hydroxyl groups excluding tert-OH is 1. The van der Waals surface area contributed by atoms with Crippen LogP contribution in [0.3, 0.4) is 0 Å². The summed E-state index contributed by atoms with van der Waals surface area (Å²) in [6, 6.07) is 14.2. The summed E-state index contributed by atoms with van der Waals surface area (Å²) in [5.74, 6) is -0.207. The Morgan fingerprint density at radius 3 is 2.22 bits per heavy atom. The number of benzene rings is 2. The Kier molecular flexibility index (Phi) is 6.07. The average molecular weight is 331 g/mol. The van der Waals surface area contributed by atoms with Crippen molar-refractivity contribution >= 4 is 22.4 Å². The van der Waals surface area contributed by atoms with Gasteiger partial charge in [0.25, 0.3) is 5.91 Å². The number of hydrogen-bond acceptors (Lipinski definition) is 3. The molecule has 0 radical (unpaired) electrons. The molecular formula is C18H21NO3S. The quantitative estimate of drug-likeness (QED) is 0.855. The second kappa shape index (κ2) is 8.04. The highest BCUT2D eigenvalue weighted by Crippen LogP contribution is 2.15. The summed E-state index contributed by atoms with van der Waals surface area (Å²) in [6.45, 7) is 3.91. The van der Waals surface area contributed by atoms with E-state index in [9.17, 15) is 9.00 Å². The summed E-state index contributed by atoms with van der Waals surface area (Å²) in [4.78, 5) is 12.9. The standard InChI is InChI=1S/C18H21NO3S/c1-13(2)23(22)17-9-5-15(6-10-17)18(21)19-16-7-3-14(4-8-16)11-12-20/h3-10,13,20H,11-12H2,1-2H3,(H,19,21). The summed E-state index contributed by atoms with van der Waals surface area (Å²) >= 11 is 0. The van der Waals surface area contributed by atoms with Gasteiger partial charge < -0.3 is 10.4 Å². The second-order valence-electron chi connectivity index (χ2n) is 5.50. The zero-order chi connectivity index (χ0) is 16.8. The van der Waals surface area contributed by atoms with Crippen LogP contribution in [-0.2, 0) is 17.2 Å². The highest BCUT2D eigenvalue weighted by Gasteiger charge is 2.10. The van der Waals surface area contributed by atoms with Crippen LogP contribution in [0.2, 0.25) is 0 Å². The van der Waals surface area contributed by atoms with Gasteiger partial charge in [0, 0.05) is 28.0 Å². The van der Waals surface area contributed by atoms with Crippen LogP contribution >= 0.6 is 0 Å².